The molecule has 2 aromatic heterocycles. The normalized spacial score (nSPS) is 13.5. The number of imidazole rings is 1. The van der Waals surface area contributed by atoms with Gasteiger partial charge in [-0.2, -0.15) is 0 Å². The fourth-order valence-corrected chi connectivity index (χ4v) is 3.51. The molecule has 3 heterocycles. The number of aromatic nitrogens is 3. The molecule has 0 saturated heterocycles. The number of benzene rings is 1. The van der Waals surface area contributed by atoms with Gasteiger partial charge in [0, 0.05) is 24.3 Å². The van der Waals surface area contributed by atoms with Crippen LogP contribution >= 0.6 is 0 Å². The predicted octanol–water partition coefficient (Wildman–Crippen LogP) is 3.87. The second-order valence-corrected chi connectivity index (χ2v) is 6.84. The van der Waals surface area contributed by atoms with Crippen molar-refractivity contribution >= 4 is 17.2 Å². The van der Waals surface area contributed by atoms with Gasteiger partial charge in [-0.3, -0.25) is 0 Å². The molecule has 0 amide bonds. The first kappa shape index (κ1) is 14.2. The molecule has 0 unspecified atom stereocenters. The van der Waals surface area contributed by atoms with E-state index in [0.29, 0.717) is 0 Å². The lowest BCUT2D eigenvalue weighted by Gasteiger charge is -2.08. The van der Waals surface area contributed by atoms with E-state index < -0.39 is 0 Å². The molecule has 4 rings (SSSR count). The first-order valence-electron chi connectivity index (χ1n) is 8.10. The summed E-state index contributed by atoms with van der Waals surface area (Å²) in [4.78, 5) is 4.80. The molecule has 3 aromatic rings. The molecule has 0 bridgehead atoms. The standard InChI is InChI=1S/C20H22N3/c1-12-6-20-21-17-7-14(3)16(9-19(17)23(20)10-12)18-8-13(2)15(4)11-22(18)5/h7-11H,6H2,1-5H3/q+1. The molecule has 0 spiro atoms. The van der Waals surface area contributed by atoms with Gasteiger partial charge < -0.3 is 4.57 Å². The number of pyridine rings is 1. The van der Waals surface area contributed by atoms with Crippen LogP contribution in [-0.2, 0) is 13.5 Å². The number of aryl methyl sites for hydroxylation is 4. The monoisotopic (exact) mass is 304 g/mol. The molecule has 0 N–H and O–H groups in total. The minimum absolute atomic E-state index is 0.959. The zero-order chi connectivity index (χ0) is 16.3. The molecule has 1 aliphatic rings. The molecule has 116 valence electrons. The topological polar surface area (TPSA) is 21.7 Å². The van der Waals surface area contributed by atoms with Gasteiger partial charge in [0.1, 0.15) is 12.9 Å². The Bertz CT molecular complexity index is 990. The number of allylic oxidation sites excluding steroid dienone is 1. The Morgan fingerprint density at radius 1 is 1.00 bits per heavy atom. The molecule has 0 aliphatic carbocycles. The predicted molar refractivity (Wildman–Crippen MR) is 94.2 cm³/mol. The summed E-state index contributed by atoms with van der Waals surface area (Å²) >= 11 is 0. The molecule has 23 heavy (non-hydrogen) atoms. The largest absolute Gasteiger partial charge is 0.303 e. The average Bonchev–Trinajstić information content (AvgIpc) is 2.98. The highest BCUT2D eigenvalue weighted by molar-refractivity contribution is 5.86. The SMILES string of the molecule is CC1=Cn2c(nc3cc(C)c(-c4cc(C)c(C)c[n+]4C)cc32)C1. The van der Waals surface area contributed by atoms with E-state index in [1.165, 1.54) is 39.0 Å². The number of nitrogens with zero attached hydrogens (tertiary/aromatic N) is 3. The highest BCUT2D eigenvalue weighted by atomic mass is 15.1. The summed E-state index contributed by atoms with van der Waals surface area (Å²) in [5, 5.41) is 0. The van der Waals surface area contributed by atoms with E-state index in [0.717, 1.165) is 17.8 Å². The molecule has 0 saturated carbocycles. The van der Waals surface area contributed by atoms with Crippen LogP contribution < -0.4 is 4.57 Å². The Hall–Kier alpha value is -2.42. The summed E-state index contributed by atoms with van der Waals surface area (Å²) in [6.07, 6.45) is 5.38. The summed E-state index contributed by atoms with van der Waals surface area (Å²) in [6, 6.07) is 6.79. The smallest absolute Gasteiger partial charge is 0.212 e. The number of hydrogen-bond donors (Lipinski definition) is 0. The van der Waals surface area contributed by atoms with Crippen molar-refractivity contribution in [2.75, 3.05) is 0 Å². The summed E-state index contributed by atoms with van der Waals surface area (Å²) in [5.74, 6) is 1.15. The Morgan fingerprint density at radius 3 is 2.57 bits per heavy atom. The molecule has 0 radical (unpaired) electrons. The number of rotatable bonds is 1. The first-order valence-corrected chi connectivity index (χ1v) is 8.10. The zero-order valence-corrected chi connectivity index (χ0v) is 14.4. The van der Waals surface area contributed by atoms with Crippen LogP contribution in [0.1, 0.15) is 29.4 Å². The quantitative estimate of drug-likeness (QED) is 0.625. The van der Waals surface area contributed by atoms with Crippen LogP contribution in [0.5, 0.6) is 0 Å². The third-order valence-corrected chi connectivity index (χ3v) is 4.91. The maximum atomic E-state index is 4.80. The summed E-state index contributed by atoms with van der Waals surface area (Å²) in [7, 11) is 2.12. The lowest BCUT2D eigenvalue weighted by Crippen LogP contribution is -2.31. The van der Waals surface area contributed by atoms with Gasteiger partial charge in [0.2, 0.25) is 5.69 Å². The van der Waals surface area contributed by atoms with Crippen LogP contribution in [0.2, 0.25) is 0 Å². The van der Waals surface area contributed by atoms with E-state index >= 15 is 0 Å². The lowest BCUT2D eigenvalue weighted by atomic mass is 10.0. The van der Waals surface area contributed by atoms with E-state index in [2.05, 4.69) is 74.5 Å². The molecule has 1 aliphatic heterocycles. The highest BCUT2D eigenvalue weighted by Gasteiger charge is 2.20. The van der Waals surface area contributed by atoms with E-state index in [1.54, 1.807) is 0 Å². The van der Waals surface area contributed by atoms with Crippen molar-refractivity contribution < 1.29 is 4.57 Å². The summed E-state index contributed by atoms with van der Waals surface area (Å²) < 4.78 is 4.47. The maximum absolute atomic E-state index is 4.80. The Kier molecular flexibility index (Phi) is 2.95. The van der Waals surface area contributed by atoms with Crippen molar-refractivity contribution in [2.24, 2.45) is 7.05 Å². The third-order valence-electron chi connectivity index (χ3n) is 4.91. The Balaban J connectivity index is 2.00. The minimum Gasteiger partial charge on any atom is -0.303 e. The van der Waals surface area contributed by atoms with Gasteiger partial charge in [-0.1, -0.05) is 0 Å². The van der Waals surface area contributed by atoms with Crippen molar-refractivity contribution in [2.45, 2.75) is 34.1 Å². The van der Waals surface area contributed by atoms with E-state index in [1.807, 2.05) is 0 Å². The fraction of sp³-hybridized carbons (Fsp3) is 0.300. The summed E-state index contributed by atoms with van der Waals surface area (Å²) in [6.45, 7) is 8.68. The van der Waals surface area contributed by atoms with E-state index in [4.69, 9.17) is 4.98 Å². The molecular weight excluding hydrogens is 282 g/mol. The third kappa shape index (κ3) is 2.11. The fourth-order valence-electron chi connectivity index (χ4n) is 3.51. The van der Waals surface area contributed by atoms with Crippen molar-refractivity contribution in [3.63, 3.8) is 0 Å². The first-order chi connectivity index (χ1) is 10.9. The van der Waals surface area contributed by atoms with Gasteiger partial charge in [0.15, 0.2) is 6.20 Å². The number of hydrogen-bond acceptors (Lipinski definition) is 1. The molecule has 0 fully saturated rings. The maximum Gasteiger partial charge on any atom is 0.212 e. The lowest BCUT2D eigenvalue weighted by molar-refractivity contribution is -0.660. The van der Waals surface area contributed by atoms with Gasteiger partial charge in [-0.05, 0) is 56.5 Å². The van der Waals surface area contributed by atoms with Crippen molar-refractivity contribution in [3.05, 3.63) is 52.5 Å². The van der Waals surface area contributed by atoms with E-state index in [-0.39, 0.29) is 0 Å². The van der Waals surface area contributed by atoms with Gasteiger partial charge in [-0.15, -0.1) is 0 Å². The second-order valence-electron chi connectivity index (χ2n) is 6.84. The average molecular weight is 304 g/mol. The van der Waals surface area contributed by atoms with Crippen molar-refractivity contribution in [1.29, 1.82) is 0 Å². The van der Waals surface area contributed by atoms with E-state index in [9.17, 15) is 0 Å². The van der Waals surface area contributed by atoms with Gasteiger partial charge >= 0.3 is 0 Å². The van der Waals surface area contributed by atoms with Crippen LogP contribution in [0.25, 0.3) is 28.5 Å². The zero-order valence-electron chi connectivity index (χ0n) is 14.4. The molecule has 3 nitrogen and oxygen atoms in total. The highest BCUT2D eigenvalue weighted by Crippen LogP contribution is 2.30. The van der Waals surface area contributed by atoms with Gasteiger partial charge in [0.25, 0.3) is 0 Å². The molecular formula is C20H22N3+. The summed E-state index contributed by atoms with van der Waals surface area (Å²) in [5.41, 5.74) is 10.1. The van der Waals surface area contributed by atoms with Crippen molar-refractivity contribution in [1.82, 2.24) is 9.55 Å². The van der Waals surface area contributed by atoms with Crippen LogP contribution in [0.15, 0.2) is 30.0 Å². The molecule has 1 aromatic carbocycles. The minimum atomic E-state index is 0.959. The van der Waals surface area contributed by atoms with Crippen LogP contribution in [0.4, 0.5) is 0 Å². The molecule has 0 atom stereocenters. The van der Waals surface area contributed by atoms with Gasteiger partial charge in [-0.25, -0.2) is 9.55 Å². The number of fused-ring (bicyclic) bond motifs is 3. The second kappa shape index (κ2) is 4.79. The van der Waals surface area contributed by atoms with Gasteiger partial charge in [0.05, 0.1) is 16.6 Å². The van der Waals surface area contributed by atoms with Crippen LogP contribution in [0.3, 0.4) is 0 Å². The van der Waals surface area contributed by atoms with Crippen molar-refractivity contribution in [3.8, 4) is 11.3 Å². The molecule has 3 heteroatoms. The Morgan fingerprint density at radius 2 is 1.78 bits per heavy atom. The Labute approximate surface area is 136 Å². The van der Waals surface area contributed by atoms with Crippen LogP contribution in [0, 0.1) is 20.8 Å². The van der Waals surface area contributed by atoms with Crippen LogP contribution in [-0.4, -0.2) is 9.55 Å².